The van der Waals surface area contributed by atoms with Gasteiger partial charge in [0, 0.05) is 17.8 Å². The number of carboxylic acids is 1. The summed E-state index contributed by atoms with van der Waals surface area (Å²) in [6, 6.07) is 7.89. The summed E-state index contributed by atoms with van der Waals surface area (Å²) in [4.78, 5) is 15.7. The van der Waals surface area contributed by atoms with E-state index in [9.17, 15) is 9.90 Å². The van der Waals surface area contributed by atoms with Crippen LogP contribution >= 0.6 is 0 Å². The standard InChI is InChI=1S/C15H15NO2/c17-14(18)15(6-1-2-7-15)13-4-3-11-5-8-16-10-12(11)9-13/h3-5,8-10H,1-2,6-7H2,(H,17,18). The van der Waals surface area contributed by atoms with E-state index in [1.54, 1.807) is 12.4 Å². The van der Waals surface area contributed by atoms with Crippen LogP contribution in [0.5, 0.6) is 0 Å². The fraction of sp³-hybridized carbons (Fsp3) is 0.333. The summed E-state index contributed by atoms with van der Waals surface area (Å²) in [6.45, 7) is 0. The number of aliphatic carboxylic acids is 1. The molecule has 0 bridgehead atoms. The van der Waals surface area contributed by atoms with Gasteiger partial charge in [-0.05, 0) is 35.9 Å². The molecular formula is C15H15NO2. The third kappa shape index (κ3) is 1.58. The maximum Gasteiger partial charge on any atom is 0.314 e. The van der Waals surface area contributed by atoms with Crippen molar-refractivity contribution in [3.8, 4) is 0 Å². The first-order valence-corrected chi connectivity index (χ1v) is 6.30. The molecule has 1 aliphatic rings. The van der Waals surface area contributed by atoms with Crippen LogP contribution in [0.2, 0.25) is 0 Å². The topological polar surface area (TPSA) is 50.2 Å². The molecule has 3 heteroatoms. The van der Waals surface area contributed by atoms with Crippen molar-refractivity contribution < 1.29 is 9.90 Å². The summed E-state index contributed by atoms with van der Waals surface area (Å²) in [7, 11) is 0. The molecule has 0 unspecified atom stereocenters. The predicted molar refractivity (Wildman–Crippen MR) is 69.5 cm³/mol. The molecule has 0 radical (unpaired) electrons. The summed E-state index contributed by atoms with van der Waals surface area (Å²) in [5.41, 5.74) is 0.248. The van der Waals surface area contributed by atoms with E-state index in [1.807, 2.05) is 24.3 Å². The highest BCUT2D eigenvalue weighted by atomic mass is 16.4. The molecule has 1 aromatic heterocycles. The van der Waals surface area contributed by atoms with Gasteiger partial charge in [-0.25, -0.2) is 0 Å². The van der Waals surface area contributed by atoms with Gasteiger partial charge >= 0.3 is 5.97 Å². The number of hydrogen-bond acceptors (Lipinski definition) is 2. The van der Waals surface area contributed by atoms with Gasteiger partial charge in [-0.15, -0.1) is 0 Å². The summed E-state index contributed by atoms with van der Waals surface area (Å²) >= 11 is 0. The van der Waals surface area contributed by atoms with Gasteiger partial charge in [-0.2, -0.15) is 0 Å². The Kier molecular flexibility index (Phi) is 2.54. The normalized spacial score (nSPS) is 18.0. The van der Waals surface area contributed by atoms with E-state index >= 15 is 0 Å². The van der Waals surface area contributed by atoms with Gasteiger partial charge in [0.2, 0.25) is 0 Å². The van der Waals surface area contributed by atoms with Crippen LogP contribution in [0.4, 0.5) is 0 Å². The molecule has 0 saturated heterocycles. The second-order valence-electron chi connectivity index (χ2n) is 5.03. The Labute approximate surface area is 105 Å². The zero-order chi connectivity index (χ0) is 12.6. The fourth-order valence-corrected chi connectivity index (χ4v) is 2.99. The van der Waals surface area contributed by atoms with E-state index in [0.29, 0.717) is 0 Å². The molecule has 0 spiro atoms. The predicted octanol–water partition coefficient (Wildman–Crippen LogP) is 3.13. The maximum atomic E-state index is 11.6. The van der Waals surface area contributed by atoms with Gasteiger partial charge in [0.05, 0.1) is 5.41 Å². The second-order valence-corrected chi connectivity index (χ2v) is 5.03. The van der Waals surface area contributed by atoms with Crippen LogP contribution in [-0.2, 0) is 10.2 Å². The lowest BCUT2D eigenvalue weighted by molar-refractivity contribution is -0.143. The second kappa shape index (κ2) is 4.09. The minimum Gasteiger partial charge on any atom is -0.481 e. The van der Waals surface area contributed by atoms with Gasteiger partial charge in [0.15, 0.2) is 0 Å². The largest absolute Gasteiger partial charge is 0.481 e. The average molecular weight is 241 g/mol. The summed E-state index contributed by atoms with van der Waals surface area (Å²) in [6.07, 6.45) is 7.03. The van der Waals surface area contributed by atoms with Crippen molar-refractivity contribution in [3.63, 3.8) is 0 Å². The van der Waals surface area contributed by atoms with Crippen LogP contribution in [-0.4, -0.2) is 16.1 Å². The number of benzene rings is 1. The molecule has 0 aliphatic heterocycles. The third-order valence-electron chi connectivity index (χ3n) is 4.06. The summed E-state index contributed by atoms with van der Waals surface area (Å²) in [5, 5.41) is 11.7. The molecule has 1 saturated carbocycles. The number of pyridine rings is 1. The molecule has 1 aromatic carbocycles. The number of fused-ring (bicyclic) bond motifs is 1. The summed E-state index contributed by atoms with van der Waals surface area (Å²) in [5.74, 6) is -0.691. The van der Waals surface area contributed by atoms with Crippen molar-refractivity contribution in [2.24, 2.45) is 0 Å². The average Bonchev–Trinajstić information content (AvgIpc) is 2.89. The van der Waals surface area contributed by atoms with Crippen LogP contribution < -0.4 is 0 Å². The first kappa shape index (κ1) is 11.2. The van der Waals surface area contributed by atoms with Gasteiger partial charge in [0.1, 0.15) is 0 Å². The number of nitrogens with zero attached hydrogens (tertiary/aromatic N) is 1. The van der Waals surface area contributed by atoms with Crippen LogP contribution in [0, 0.1) is 0 Å². The van der Waals surface area contributed by atoms with Crippen LogP contribution in [0.3, 0.4) is 0 Å². The number of aromatic nitrogens is 1. The number of carboxylic acid groups (broad SMARTS) is 1. The van der Waals surface area contributed by atoms with Gasteiger partial charge < -0.3 is 5.11 Å². The minimum absolute atomic E-state index is 0.677. The van der Waals surface area contributed by atoms with E-state index in [1.165, 1.54) is 0 Å². The lowest BCUT2D eigenvalue weighted by Crippen LogP contribution is -2.32. The molecular weight excluding hydrogens is 226 g/mol. The van der Waals surface area contributed by atoms with Gasteiger partial charge in [-0.3, -0.25) is 9.78 Å². The molecule has 3 nitrogen and oxygen atoms in total. The highest BCUT2D eigenvalue weighted by Crippen LogP contribution is 2.42. The maximum absolute atomic E-state index is 11.6. The van der Waals surface area contributed by atoms with Crippen molar-refractivity contribution in [1.29, 1.82) is 0 Å². The SMILES string of the molecule is O=C(O)C1(c2ccc3ccncc3c2)CCCC1. The number of carbonyl (C=O) groups is 1. The Morgan fingerprint density at radius 2 is 1.94 bits per heavy atom. The van der Waals surface area contributed by atoms with Crippen LogP contribution in [0.25, 0.3) is 10.8 Å². The summed E-state index contributed by atoms with van der Waals surface area (Å²) < 4.78 is 0. The van der Waals surface area contributed by atoms with E-state index in [4.69, 9.17) is 0 Å². The number of rotatable bonds is 2. The van der Waals surface area contributed by atoms with Crippen molar-refractivity contribution in [1.82, 2.24) is 4.98 Å². The van der Waals surface area contributed by atoms with Crippen LogP contribution in [0.15, 0.2) is 36.7 Å². The lowest BCUT2D eigenvalue weighted by Gasteiger charge is -2.24. The Hall–Kier alpha value is -1.90. The third-order valence-corrected chi connectivity index (χ3v) is 4.06. The first-order valence-electron chi connectivity index (χ1n) is 6.30. The molecule has 1 aliphatic carbocycles. The molecule has 1 N–H and O–H groups in total. The monoisotopic (exact) mass is 241 g/mol. The molecule has 0 atom stereocenters. The molecule has 1 fully saturated rings. The van der Waals surface area contributed by atoms with E-state index in [-0.39, 0.29) is 0 Å². The van der Waals surface area contributed by atoms with Crippen molar-refractivity contribution in [3.05, 3.63) is 42.2 Å². The highest BCUT2D eigenvalue weighted by Gasteiger charge is 2.42. The minimum atomic E-state index is -0.691. The highest BCUT2D eigenvalue weighted by molar-refractivity contribution is 5.87. The van der Waals surface area contributed by atoms with Crippen molar-refractivity contribution in [2.75, 3.05) is 0 Å². The quantitative estimate of drug-likeness (QED) is 0.878. The number of hydrogen-bond donors (Lipinski definition) is 1. The lowest BCUT2D eigenvalue weighted by atomic mass is 9.78. The molecule has 0 amide bonds. The Bertz CT molecular complexity index is 600. The Morgan fingerprint density at radius 1 is 1.17 bits per heavy atom. The van der Waals surface area contributed by atoms with Gasteiger partial charge in [-0.1, -0.05) is 25.0 Å². The van der Waals surface area contributed by atoms with Gasteiger partial charge in [0.25, 0.3) is 0 Å². The Morgan fingerprint density at radius 3 is 2.67 bits per heavy atom. The smallest absolute Gasteiger partial charge is 0.314 e. The molecule has 2 aromatic rings. The molecule has 92 valence electrons. The van der Waals surface area contributed by atoms with E-state index in [0.717, 1.165) is 42.0 Å². The molecule has 1 heterocycles. The van der Waals surface area contributed by atoms with Crippen LogP contribution in [0.1, 0.15) is 31.2 Å². The Balaban J connectivity index is 2.15. The fourth-order valence-electron chi connectivity index (χ4n) is 2.99. The van der Waals surface area contributed by atoms with E-state index in [2.05, 4.69) is 4.98 Å². The van der Waals surface area contributed by atoms with E-state index < -0.39 is 11.4 Å². The first-order chi connectivity index (χ1) is 8.72. The zero-order valence-corrected chi connectivity index (χ0v) is 10.1. The zero-order valence-electron chi connectivity index (χ0n) is 10.1. The molecule has 3 rings (SSSR count). The molecule has 18 heavy (non-hydrogen) atoms. The van der Waals surface area contributed by atoms with Crippen molar-refractivity contribution >= 4 is 16.7 Å². The van der Waals surface area contributed by atoms with Crippen molar-refractivity contribution in [2.45, 2.75) is 31.1 Å².